The van der Waals surface area contributed by atoms with Crippen molar-refractivity contribution in [3.05, 3.63) is 59.2 Å². The average Bonchev–Trinajstić information content (AvgIpc) is 3.33. The van der Waals surface area contributed by atoms with Crippen LogP contribution in [0.15, 0.2) is 36.5 Å². The lowest BCUT2D eigenvalue weighted by atomic mass is 10.0. The normalized spacial score (nSPS) is 15.8. The van der Waals surface area contributed by atoms with Gasteiger partial charge in [-0.2, -0.15) is 5.10 Å². The van der Waals surface area contributed by atoms with E-state index in [4.69, 9.17) is 4.74 Å². The predicted molar refractivity (Wildman–Crippen MR) is 108 cm³/mol. The molecule has 1 aromatic carbocycles. The van der Waals surface area contributed by atoms with Gasteiger partial charge in [0, 0.05) is 38.4 Å². The minimum absolute atomic E-state index is 0.0509. The fraction of sp³-hybridized carbons (Fsp3) is 0.450. The standard InChI is InChI=1S/C20H26N8O2/c1-15-17(13-26(2)23-15)12-21-18(29)14-28-20(22-24-25-28)19(16-6-4-3-5-7-16)27-8-10-30-11-9-27/h3-7,13,19H,8-12,14H2,1-2H3,(H,21,29). The number of hydrogen-bond acceptors (Lipinski definition) is 7. The summed E-state index contributed by atoms with van der Waals surface area (Å²) in [6.07, 6.45) is 1.90. The van der Waals surface area contributed by atoms with Gasteiger partial charge < -0.3 is 10.1 Å². The molecule has 158 valence electrons. The Bertz CT molecular complexity index is 978. The molecule has 1 atom stereocenters. The minimum atomic E-state index is -0.152. The molecule has 1 unspecified atom stereocenters. The number of carbonyl (C=O) groups excluding carboxylic acids is 1. The second-order valence-electron chi connectivity index (χ2n) is 7.35. The minimum Gasteiger partial charge on any atom is -0.379 e. The van der Waals surface area contributed by atoms with Crippen molar-refractivity contribution in [2.75, 3.05) is 26.3 Å². The van der Waals surface area contributed by atoms with Gasteiger partial charge in [-0.3, -0.25) is 14.4 Å². The van der Waals surface area contributed by atoms with Gasteiger partial charge in [0.05, 0.1) is 24.9 Å². The summed E-state index contributed by atoms with van der Waals surface area (Å²) in [6.45, 7) is 5.27. The number of hydrogen-bond donors (Lipinski definition) is 1. The highest BCUT2D eigenvalue weighted by Gasteiger charge is 2.29. The maximum Gasteiger partial charge on any atom is 0.242 e. The Kier molecular flexibility index (Phi) is 6.15. The van der Waals surface area contributed by atoms with Crippen LogP contribution in [0.2, 0.25) is 0 Å². The lowest BCUT2D eigenvalue weighted by Crippen LogP contribution is -2.41. The fourth-order valence-electron chi connectivity index (χ4n) is 3.72. The maximum absolute atomic E-state index is 12.6. The molecule has 0 radical (unpaired) electrons. The molecule has 1 amide bonds. The monoisotopic (exact) mass is 410 g/mol. The average molecular weight is 410 g/mol. The number of benzene rings is 1. The molecule has 0 bridgehead atoms. The van der Waals surface area contributed by atoms with E-state index in [-0.39, 0.29) is 18.5 Å². The van der Waals surface area contributed by atoms with E-state index in [0.717, 1.165) is 29.9 Å². The van der Waals surface area contributed by atoms with Crippen LogP contribution in [-0.4, -0.2) is 67.1 Å². The van der Waals surface area contributed by atoms with Crippen molar-refractivity contribution in [1.29, 1.82) is 0 Å². The van der Waals surface area contributed by atoms with E-state index in [1.807, 2.05) is 38.4 Å². The largest absolute Gasteiger partial charge is 0.379 e. The summed E-state index contributed by atoms with van der Waals surface area (Å²) in [7, 11) is 1.86. The predicted octanol–water partition coefficient (Wildman–Crippen LogP) is 0.453. The first-order valence-electron chi connectivity index (χ1n) is 10.0. The molecule has 1 aliphatic rings. The van der Waals surface area contributed by atoms with Gasteiger partial charge in [0.25, 0.3) is 0 Å². The highest BCUT2D eigenvalue weighted by molar-refractivity contribution is 5.75. The summed E-state index contributed by atoms with van der Waals surface area (Å²) in [6, 6.07) is 9.96. The van der Waals surface area contributed by atoms with Gasteiger partial charge in [0.1, 0.15) is 6.54 Å². The summed E-state index contributed by atoms with van der Waals surface area (Å²) < 4.78 is 8.83. The molecule has 1 N–H and O–H groups in total. The van der Waals surface area contributed by atoms with Crippen molar-refractivity contribution in [1.82, 2.24) is 40.2 Å². The molecule has 2 aromatic heterocycles. The maximum atomic E-state index is 12.6. The Labute approximate surface area is 174 Å². The van der Waals surface area contributed by atoms with Crippen LogP contribution in [0.25, 0.3) is 0 Å². The fourth-order valence-corrected chi connectivity index (χ4v) is 3.72. The Morgan fingerprint density at radius 3 is 2.70 bits per heavy atom. The third-order valence-electron chi connectivity index (χ3n) is 5.21. The van der Waals surface area contributed by atoms with Crippen LogP contribution in [0.3, 0.4) is 0 Å². The lowest BCUT2D eigenvalue weighted by molar-refractivity contribution is -0.122. The molecule has 0 spiro atoms. The molecule has 1 aliphatic heterocycles. The molecule has 10 heteroatoms. The van der Waals surface area contributed by atoms with Gasteiger partial charge in [0.2, 0.25) is 5.91 Å². The smallest absolute Gasteiger partial charge is 0.242 e. The number of ether oxygens (including phenoxy) is 1. The number of nitrogens with one attached hydrogen (secondary N) is 1. The first kappa shape index (κ1) is 20.2. The van der Waals surface area contributed by atoms with Crippen LogP contribution in [-0.2, 0) is 29.7 Å². The van der Waals surface area contributed by atoms with Crippen molar-refractivity contribution >= 4 is 5.91 Å². The molecule has 3 aromatic rings. The van der Waals surface area contributed by atoms with Gasteiger partial charge >= 0.3 is 0 Å². The first-order chi connectivity index (χ1) is 14.6. The second-order valence-corrected chi connectivity index (χ2v) is 7.35. The number of amides is 1. The lowest BCUT2D eigenvalue weighted by Gasteiger charge is -2.33. The number of carbonyl (C=O) groups is 1. The van der Waals surface area contributed by atoms with Gasteiger partial charge in [-0.1, -0.05) is 30.3 Å². The molecule has 3 heterocycles. The van der Waals surface area contributed by atoms with Gasteiger partial charge in [-0.25, -0.2) is 4.68 Å². The van der Waals surface area contributed by atoms with Gasteiger partial charge in [-0.05, 0) is 22.9 Å². The second kappa shape index (κ2) is 9.14. The molecule has 1 fully saturated rings. The van der Waals surface area contributed by atoms with E-state index in [9.17, 15) is 4.79 Å². The van der Waals surface area contributed by atoms with Crippen molar-refractivity contribution in [3.8, 4) is 0 Å². The summed E-state index contributed by atoms with van der Waals surface area (Å²) in [4.78, 5) is 14.9. The van der Waals surface area contributed by atoms with Crippen molar-refractivity contribution in [3.63, 3.8) is 0 Å². The van der Waals surface area contributed by atoms with Crippen LogP contribution >= 0.6 is 0 Å². The summed E-state index contributed by atoms with van der Waals surface area (Å²) in [5.41, 5.74) is 2.97. The topological polar surface area (TPSA) is 103 Å². The number of nitrogens with zero attached hydrogens (tertiary/aromatic N) is 7. The van der Waals surface area contributed by atoms with Crippen LogP contribution in [0.1, 0.15) is 28.7 Å². The summed E-state index contributed by atoms with van der Waals surface area (Å²) in [5.74, 6) is 0.497. The Hall–Kier alpha value is -3.11. The SMILES string of the molecule is Cc1nn(C)cc1CNC(=O)Cn1nnnc1C(c1ccccc1)N1CCOCC1. The van der Waals surface area contributed by atoms with E-state index in [0.29, 0.717) is 25.6 Å². The molecule has 10 nitrogen and oxygen atoms in total. The number of aryl methyl sites for hydroxylation is 2. The zero-order chi connectivity index (χ0) is 20.9. The molecule has 1 saturated heterocycles. The van der Waals surface area contributed by atoms with E-state index >= 15 is 0 Å². The van der Waals surface area contributed by atoms with Crippen molar-refractivity contribution in [2.24, 2.45) is 7.05 Å². The highest BCUT2D eigenvalue weighted by atomic mass is 16.5. The quantitative estimate of drug-likeness (QED) is 0.603. The van der Waals surface area contributed by atoms with Crippen molar-refractivity contribution in [2.45, 2.75) is 26.1 Å². The van der Waals surface area contributed by atoms with Crippen molar-refractivity contribution < 1.29 is 9.53 Å². The van der Waals surface area contributed by atoms with E-state index in [1.165, 1.54) is 0 Å². The van der Waals surface area contributed by atoms with Crippen LogP contribution in [0.5, 0.6) is 0 Å². The zero-order valence-electron chi connectivity index (χ0n) is 17.2. The number of aromatic nitrogens is 6. The van der Waals surface area contributed by atoms with Gasteiger partial charge in [0.15, 0.2) is 5.82 Å². The van der Waals surface area contributed by atoms with Crippen LogP contribution in [0.4, 0.5) is 0 Å². The Morgan fingerprint density at radius 2 is 2.00 bits per heavy atom. The highest BCUT2D eigenvalue weighted by Crippen LogP contribution is 2.27. The van der Waals surface area contributed by atoms with E-state index in [2.05, 4.69) is 43.0 Å². The third-order valence-corrected chi connectivity index (χ3v) is 5.21. The van der Waals surface area contributed by atoms with Gasteiger partial charge in [-0.15, -0.1) is 5.10 Å². The van der Waals surface area contributed by atoms with Crippen LogP contribution in [0, 0.1) is 6.92 Å². The molecule has 4 rings (SSSR count). The Morgan fingerprint density at radius 1 is 1.23 bits per heavy atom. The third kappa shape index (κ3) is 4.55. The van der Waals surface area contributed by atoms with Crippen LogP contribution < -0.4 is 5.32 Å². The zero-order valence-corrected chi connectivity index (χ0v) is 17.2. The molecule has 0 aliphatic carbocycles. The van der Waals surface area contributed by atoms with E-state index in [1.54, 1.807) is 9.36 Å². The molecular formula is C20H26N8O2. The van der Waals surface area contributed by atoms with E-state index < -0.39 is 0 Å². The molecule has 30 heavy (non-hydrogen) atoms. The number of tetrazole rings is 1. The Balaban J connectivity index is 1.51. The first-order valence-corrected chi connectivity index (χ1v) is 10.0. The molecular weight excluding hydrogens is 384 g/mol. The number of rotatable bonds is 7. The molecule has 0 saturated carbocycles. The summed E-state index contributed by atoms with van der Waals surface area (Å²) in [5, 5.41) is 19.5. The number of morpholine rings is 1. The summed E-state index contributed by atoms with van der Waals surface area (Å²) >= 11 is 0.